The van der Waals surface area contributed by atoms with Crippen molar-refractivity contribution >= 4 is 18.1 Å². The number of carbonyl (C=O) groups excluding carboxylic acids is 2. The van der Waals surface area contributed by atoms with E-state index in [1.807, 2.05) is 0 Å². The van der Waals surface area contributed by atoms with Crippen LogP contribution >= 0.6 is 0 Å². The van der Waals surface area contributed by atoms with E-state index in [1.54, 1.807) is 30.7 Å². The molecule has 1 aromatic rings. The van der Waals surface area contributed by atoms with Crippen molar-refractivity contribution < 1.29 is 53.4 Å². The fourth-order valence-corrected chi connectivity index (χ4v) is 1.54. The molecular weight excluding hydrogens is 405 g/mol. The van der Waals surface area contributed by atoms with Gasteiger partial charge in [0.05, 0.1) is 5.91 Å². The van der Waals surface area contributed by atoms with Crippen molar-refractivity contribution in [2.24, 2.45) is 5.10 Å². The standard InChI is InChI=1S/C14H21N3O.C2H4O2.Co.4H2O/c1-2-3-4-5-6-7-10-16-17-14(18)13-8-11-15-12-9-13;1-2(3)4;;;;;/h8-12H,2-7H2,1H3,(H,17,18);1H3,(H,3,4);;4*1H2/q;;+2;;;;/p-2/b16-10+;;;;;;. The molecule has 27 heavy (non-hydrogen) atoms. The van der Waals surface area contributed by atoms with Crippen LogP contribution in [-0.4, -0.2) is 45.0 Å². The number of unbranched alkanes of at least 4 members (excludes halogenated alkanes) is 5. The van der Waals surface area contributed by atoms with Crippen LogP contribution < -0.4 is 5.11 Å². The van der Waals surface area contributed by atoms with Crippen LogP contribution in [0.4, 0.5) is 0 Å². The summed E-state index contributed by atoms with van der Waals surface area (Å²) in [6.07, 6.45) is 11.9. The van der Waals surface area contributed by atoms with Crippen molar-refractivity contribution in [1.29, 1.82) is 0 Å². The summed E-state index contributed by atoms with van der Waals surface area (Å²) in [5.41, 5.74) is 4.15. The van der Waals surface area contributed by atoms with Gasteiger partial charge in [-0.05, 0) is 38.1 Å². The smallest absolute Gasteiger partial charge is 0.550 e. The van der Waals surface area contributed by atoms with Crippen LogP contribution in [0.25, 0.3) is 5.43 Å². The van der Waals surface area contributed by atoms with Gasteiger partial charge in [0.1, 0.15) is 0 Å². The molecular formula is C16H31CoN3O7. The Morgan fingerprint density at radius 3 is 2.04 bits per heavy atom. The van der Waals surface area contributed by atoms with E-state index in [4.69, 9.17) is 9.90 Å². The third-order valence-corrected chi connectivity index (χ3v) is 2.59. The number of rotatable bonds is 8. The molecule has 8 N–H and O–H groups in total. The molecule has 11 heteroatoms. The van der Waals surface area contributed by atoms with Gasteiger partial charge in [0, 0.05) is 23.9 Å². The van der Waals surface area contributed by atoms with Crippen molar-refractivity contribution in [2.75, 3.05) is 0 Å². The molecule has 1 heterocycles. The third kappa shape index (κ3) is 29.1. The number of carboxylic acids is 1. The molecule has 10 nitrogen and oxygen atoms in total. The molecule has 0 aromatic carbocycles. The van der Waals surface area contributed by atoms with Gasteiger partial charge in [0.2, 0.25) is 0 Å². The Kier molecular flexibility index (Phi) is 42.8. The second kappa shape index (κ2) is 28.9. The molecule has 161 valence electrons. The number of carbonyl (C=O) groups is 2. The molecule has 0 aliphatic carbocycles. The molecule has 0 aliphatic heterocycles. The van der Waals surface area contributed by atoms with E-state index >= 15 is 0 Å². The molecule has 0 aliphatic rings. The van der Waals surface area contributed by atoms with E-state index in [1.165, 1.54) is 25.7 Å². The number of carboxylic acid groups (broad SMARTS) is 1. The topological polar surface area (TPSA) is 223 Å². The van der Waals surface area contributed by atoms with Gasteiger partial charge < -0.3 is 47.1 Å². The zero-order valence-electron chi connectivity index (χ0n) is 15.5. The summed E-state index contributed by atoms with van der Waals surface area (Å²) in [6.45, 7) is 3.17. The average Bonchev–Trinajstić information content (AvgIpc) is 2.50. The van der Waals surface area contributed by atoms with Gasteiger partial charge in [-0.3, -0.25) is 4.98 Å². The number of aromatic nitrogens is 1. The number of pyridine rings is 1. The Bertz CT molecular complexity index is 459. The average molecular weight is 436 g/mol. The summed E-state index contributed by atoms with van der Waals surface area (Å²) in [7, 11) is 0. The first kappa shape index (κ1) is 40.0. The third-order valence-electron chi connectivity index (χ3n) is 2.59. The first-order valence-electron chi connectivity index (χ1n) is 7.42. The van der Waals surface area contributed by atoms with Crippen LogP contribution in [0.15, 0.2) is 29.6 Å². The van der Waals surface area contributed by atoms with E-state index in [2.05, 4.69) is 22.4 Å². The van der Waals surface area contributed by atoms with Crippen LogP contribution in [0.3, 0.4) is 0 Å². The second-order valence-corrected chi connectivity index (χ2v) is 4.63. The monoisotopic (exact) mass is 436 g/mol. The van der Waals surface area contributed by atoms with Crippen molar-refractivity contribution in [1.82, 2.24) is 4.98 Å². The van der Waals surface area contributed by atoms with Gasteiger partial charge in [-0.1, -0.05) is 32.6 Å². The van der Waals surface area contributed by atoms with E-state index < -0.39 is 5.97 Å². The minimum Gasteiger partial charge on any atom is -0.550 e. The SMILES string of the molecule is CC(=O)[O-].CCCCCCC/C=N/[N-]C(=O)c1ccncc1.O.O.O.O.[Co+2]. The second-order valence-electron chi connectivity index (χ2n) is 4.63. The number of hydrogen-bond acceptors (Lipinski definition) is 5. The summed E-state index contributed by atoms with van der Waals surface area (Å²) in [4.78, 5) is 24.2. The Balaban J connectivity index is -0.000000112. The first-order chi connectivity index (χ1) is 10.6. The summed E-state index contributed by atoms with van der Waals surface area (Å²) in [5, 5.41) is 12.7. The van der Waals surface area contributed by atoms with Crippen LogP contribution in [0.5, 0.6) is 0 Å². The van der Waals surface area contributed by atoms with Gasteiger partial charge >= 0.3 is 16.8 Å². The van der Waals surface area contributed by atoms with Crippen molar-refractivity contribution in [3.63, 3.8) is 0 Å². The zero-order valence-corrected chi connectivity index (χ0v) is 16.6. The largest absolute Gasteiger partial charge is 2.00 e. The fraction of sp³-hybridized carbons (Fsp3) is 0.500. The number of nitrogens with zero attached hydrogens (tertiary/aromatic N) is 3. The maximum atomic E-state index is 11.5. The number of aliphatic carboxylic acids is 1. The zero-order chi connectivity index (χ0) is 16.6. The summed E-state index contributed by atoms with van der Waals surface area (Å²) in [6, 6.07) is 3.26. The Morgan fingerprint density at radius 2 is 1.56 bits per heavy atom. The van der Waals surface area contributed by atoms with Crippen LogP contribution in [0.1, 0.15) is 62.7 Å². The summed E-state index contributed by atoms with van der Waals surface area (Å²) < 4.78 is 0. The summed E-state index contributed by atoms with van der Waals surface area (Å²) in [5.74, 6) is -1.40. The van der Waals surface area contributed by atoms with Crippen LogP contribution in [0.2, 0.25) is 0 Å². The van der Waals surface area contributed by atoms with Crippen molar-refractivity contribution in [3.05, 3.63) is 35.5 Å². The van der Waals surface area contributed by atoms with E-state index in [-0.39, 0.29) is 44.6 Å². The van der Waals surface area contributed by atoms with Crippen molar-refractivity contribution in [3.8, 4) is 0 Å². The van der Waals surface area contributed by atoms with E-state index in [0.717, 1.165) is 19.8 Å². The maximum Gasteiger partial charge on any atom is 2.00 e. The Hall–Kier alpha value is -1.89. The minimum atomic E-state index is -1.08. The van der Waals surface area contributed by atoms with E-state index in [0.29, 0.717) is 5.56 Å². The predicted molar refractivity (Wildman–Crippen MR) is 98.9 cm³/mol. The molecule has 0 atom stereocenters. The van der Waals surface area contributed by atoms with Crippen LogP contribution in [0, 0.1) is 0 Å². The van der Waals surface area contributed by atoms with Gasteiger partial charge in [-0.25, -0.2) is 0 Å². The molecule has 0 fully saturated rings. The quantitative estimate of drug-likeness (QED) is 0.295. The maximum absolute atomic E-state index is 11.5. The number of amides is 1. The van der Waals surface area contributed by atoms with Crippen molar-refractivity contribution in [2.45, 2.75) is 52.4 Å². The van der Waals surface area contributed by atoms with Gasteiger partial charge in [-0.2, -0.15) is 0 Å². The van der Waals surface area contributed by atoms with Gasteiger partial charge in [0.15, 0.2) is 0 Å². The normalized spacial score (nSPS) is 8.07. The molecule has 1 rings (SSSR count). The summed E-state index contributed by atoms with van der Waals surface area (Å²) >= 11 is 0. The Morgan fingerprint density at radius 1 is 1.07 bits per heavy atom. The molecule has 0 spiro atoms. The molecule has 0 bridgehead atoms. The molecule has 1 aromatic heterocycles. The molecule has 0 saturated carbocycles. The predicted octanol–water partition coefficient (Wildman–Crippen LogP) is -0.603. The molecule has 1 amide bonds. The fourth-order valence-electron chi connectivity index (χ4n) is 1.54. The number of hydrogen-bond donors (Lipinski definition) is 0. The molecule has 0 saturated heterocycles. The van der Waals surface area contributed by atoms with Gasteiger partial charge in [-0.15, -0.1) is 0 Å². The Labute approximate surface area is 169 Å². The van der Waals surface area contributed by atoms with Crippen LogP contribution in [-0.2, 0) is 21.6 Å². The molecule has 0 unspecified atom stereocenters. The van der Waals surface area contributed by atoms with E-state index in [9.17, 15) is 4.79 Å². The molecule has 1 radical (unpaired) electrons. The minimum absolute atomic E-state index is 0. The first-order valence-corrected chi connectivity index (χ1v) is 7.42. The van der Waals surface area contributed by atoms with Gasteiger partial charge in [0.25, 0.3) is 0 Å².